The van der Waals surface area contributed by atoms with Gasteiger partial charge in [0.2, 0.25) is 0 Å². The number of hydrogen-bond donors (Lipinski definition) is 1. The van der Waals surface area contributed by atoms with Crippen molar-refractivity contribution in [2.75, 3.05) is 39.6 Å². The SMILES string of the molecule is CCNC(CC1CCOC1)C1CCOC2(CCOCC2)C1. The minimum atomic E-state index is 0.112. The Labute approximate surface area is 128 Å². The molecule has 3 unspecified atom stereocenters. The third kappa shape index (κ3) is 3.98. The molecule has 3 aliphatic heterocycles. The van der Waals surface area contributed by atoms with E-state index in [0.717, 1.165) is 64.3 Å². The van der Waals surface area contributed by atoms with Crippen LogP contribution in [-0.2, 0) is 14.2 Å². The van der Waals surface area contributed by atoms with Crippen LogP contribution in [0.2, 0.25) is 0 Å². The van der Waals surface area contributed by atoms with Gasteiger partial charge in [-0.2, -0.15) is 0 Å². The van der Waals surface area contributed by atoms with E-state index in [9.17, 15) is 0 Å². The standard InChI is InChI=1S/C17H31NO3/c1-2-18-16(11-14-3-7-20-13-14)15-4-8-21-17(12-15)5-9-19-10-6-17/h14-16,18H,2-13H2,1H3. The molecule has 0 bridgehead atoms. The van der Waals surface area contributed by atoms with Gasteiger partial charge in [-0.25, -0.2) is 0 Å². The van der Waals surface area contributed by atoms with Crippen molar-refractivity contribution < 1.29 is 14.2 Å². The van der Waals surface area contributed by atoms with Crippen LogP contribution in [0.3, 0.4) is 0 Å². The van der Waals surface area contributed by atoms with Gasteiger partial charge in [-0.3, -0.25) is 0 Å². The van der Waals surface area contributed by atoms with E-state index in [1.165, 1.54) is 25.7 Å². The molecule has 3 fully saturated rings. The molecular weight excluding hydrogens is 266 g/mol. The second-order valence-corrected chi connectivity index (χ2v) is 7.03. The molecule has 0 amide bonds. The third-order valence-electron chi connectivity index (χ3n) is 5.58. The Morgan fingerprint density at radius 1 is 1.10 bits per heavy atom. The second kappa shape index (κ2) is 7.40. The van der Waals surface area contributed by atoms with Crippen LogP contribution in [-0.4, -0.2) is 51.2 Å². The Balaban J connectivity index is 1.60. The van der Waals surface area contributed by atoms with Gasteiger partial charge in [-0.1, -0.05) is 6.92 Å². The summed E-state index contributed by atoms with van der Waals surface area (Å²) < 4.78 is 17.3. The van der Waals surface area contributed by atoms with Gasteiger partial charge in [-0.05, 0) is 56.9 Å². The molecule has 1 spiro atoms. The molecule has 0 radical (unpaired) electrons. The summed E-state index contributed by atoms with van der Waals surface area (Å²) in [6, 6.07) is 0.630. The highest BCUT2D eigenvalue weighted by Gasteiger charge is 2.41. The fourth-order valence-electron chi connectivity index (χ4n) is 4.33. The molecule has 0 aromatic rings. The Bertz CT molecular complexity index is 306. The monoisotopic (exact) mass is 297 g/mol. The molecule has 0 aromatic heterocycles. The lowest BCUT2D eigenvalue weighted by Gasteiger charge is -2.45. The summed E-state index contributed by atoms with van der Waals surface area (Å²) in [7, 11) is 0. The van der Waals surface area contributed by atoms with Crippen LogP contribution in [0.1, 0.15) is 45.4 Å². The first-order valence-electron chi connectivity index (χ1n) is 8.84. The van der Waals surface area contributed by atoms with E-state index < -0.39 is 0 Å². The molecule has 3 atom stereocenters. The summed E-state index contributed by atoms with van der Waals surface area (Å²) in [5, 5.41) is 3.76. The smallest absolute Gasteiger partial charge is 0.0729 e. The van der Waals surface area contributed by atoms with E-state index in [1.54, 1.807) is 0 Å². The maximum Gasteiger partial charge on any atom is 0.0729 e. The zero-order chi connectivity index (χ0) is 14.5. The topological polar surface area (TPSA) is 39.7 Å². The predicted molar refractivity (Wildman–Crippen MR) is 82.5 cm³/mol. The molecule has 3 saturated heterocycles. The van der Waals surface area contributed by atoms with Crippen LogP contribution >= 0.6 is 0 Å². The van der Waals surface area contributed by atoms with Gasteiger partial charge in [0.15, 0.2) is 0 Å². The lowest BCUT2D eigenvalue weighted by atomic mass is 9.76. The highest BCUT2D eigenvalue weighted by molar-refractivity contribution is 4.93. The van der Waals surface area contributed by atoms with Crippen molar-refractivity contribution in [2.24, 2.45) is 11.8 Å². The van der Waals surface area contributed by atoms with E-state index >= 15 is 0 Å². The van der Waals surface area contributed by atoms with Gasteiger partial charge in [0, 0.05) is 39.1 Å². The molecule has 3 heterocycles. The van der Waals surface area contributed by atoms with E-state index in [0.29, 0.717) is 6.04 Å². The van der Waals surface area contributed by atoms with Crippen LogP contribution in [0.4, 0.5) is 0 Å². The Morgan fingerprint density at radius 3 is 2.67 bits per heavy atom. The molecule has 4 nitrogen and oxygen atoms in total. The van der Waals surface area contributed by atoms with Crippen molar-refractivity contribution in [3.63, 3.8) is 0 Å². The van der Waals surface area contributed by atoms with Gasteiger partial charge in [0.25, 0.3) is 0 Å². The zero-order valence-electron chi connectivity index (χ0n) is 13.4. The minimum Gasteiger partial charge on any atom is -0.381 e. The maximum atomic E-state index is 6.20. The normalized spacial score (nSPS) is 34.1. The average Bonchev–Trinajstić information content (AvgIpc) is 3.01. The molecule has 3 aliphatic rings. The van der Waals surface area contributed by atoms with Crippen molar-refractivity contribution in [3.05, 3.63) is 0 Å². The van der Waals surface area contributed by atoms with E-state index in [1.807, 2.05) is 0 Å². The summed E-state index contributed by atoms with van der Waals surface area (Å²) in [4.78, 5) is 0. The second-order valence-electron chi connectivity index (χ2n) is 7.03. The highest BCUT2D eigenvalue weighted by Crippen LogP contribution is 2.39. The van der Waals surface area contributed by atoms with Crippen molar-refractivity contribution in [2.45, 2.75) is 57.1 Å². The van der Waals surface area contributed by atoms with Crippen molar-refractivity contribution in [3.8, 4) is 0 Å². The Morgan fingerprint density at radius 2 is 1.95 bits per heavy atom. The van der Waals surface area contributed by atoms with Gasteiger partial charge in [0.1, 0.15) is 0 Å². The first-order chi connectivity index (χ1) is 10.3. The van der Waals surface area contributed by atoms with Crippen molar-refractivity contribution in [1.82, 2.24) is 5.32 Å². The summed E-state index contributed by atoms with van der Waals surface area (Å²) in [6.07, 6.45) is 7.08. The van der Waals surface area contributed by atoms with Crippen LogP contribution < -0.4 is 5.32 Å². The molecule has 122 valence electrons. The number of rotatable bonds is 5. The van der Waals surface area contributed by atoms with E-state index in [2.05, 4.69) is 12.2 Å². The number of ether oxygens (including phenoxy) is 3. The van der Waals surface area contributed by atoms with Gasteiger partial charge in [-0.15, -0.1) is 0 Å². The fraction of sp³-hybridized carbons (Fsp3) is 1.00. The fourth-order valence-corrected chi connectivity index (χ4v) is 4.33. The molecule has 0 aromatic carbocycles. The molecule has 0 saturated carbocycles. The molecular formula is C17H31NO3. The van der Waals surface area contributed by atoms with Crippen LogP contribution in [0.5, 0.6) is 0 Å². The first kappa shape index (κ1) is 15.7. The van der Waals surface area contributed by atoms with Crippen molar-refractivity contribution >= 4 is 0 Å². The predicted octanol–water partition coefficient (Wildman–Crippen LogP) is 2.37. The summed E-state index contributed by atoms with van der Waals surface area (Å²) in [6.45, 7) is 7.87. The molecule has 1 N–H and O–H groups in total. The quantitative estimate of drug-likeness (QED) is 0.846. The lowest BCUT2D eigenvalue weighted by Crippen LogP contribution is -2.49. The first-order valence-corrected chi connectivity index (χ1v) is 8.84. The van der Waals surface area contributed by atoms with Crippen molar-refractivity contribution in [1.29, 1.82) is 0 Å². The maximum absolute atomic E-state index is 6.20. The number of hydrogen-bond acceptors (Lipinski definition) is 4. The van der Waals surface area contributed by atoms with Gasteiger partial charge in [0.05, 0.1) is 5.60 Å². The Kier molecular flexibility index (Phi) is 5.54. The zero-order valence-corrected chi connectivity index (χ0v) is 13.4. The molecule has 3 rings (SSSR count). The molecule has 4 heteroatoms. The third-order valence-corrected chi connectivity index (χ3v) is 5.58. The van der Waals surface area contributed by atoms with E-state index in [-0.39, 0.29) is 5.60 Å². The lowest BCUT2D eigenvalue weighted by molar-refractivity contribution is -0.150. The minimum absolute atomic E-state index is 0.112. The van der Waals surface area contributed by atoms with Crippen LogP contribution in [0.15, 0.2) is 0 Å². The summed E-state index contributed by atoms with van der Waals surface area (Å²) in [5.74, 6) is 1.50. The Hall–Kier alpha value is -0.160. The molecule has 21 heavy (non-hydrogen) atoms. The van der Waals surface area contributed by atoms with E-state index in [4.69, 9.17) is 14.2 Å². The largest absolute Gasteiger partial charge is 0.381 e. The highest BCUT2D eigenvalue weighted by atomic mass is 16.5. The van der Waals surface area contributed by atoms with Gasteiger partial charge < -0.3 is 19.5 Å². The summed E-state index contributed by atoms with van der Waals surface area (Å²) in [5.41, 5.74) is 0.112. The van der Waals surface area contributed by atoms with Crippen LogP contribution in [0.25, 0.3) is 0 Å². The summed E-state index contributed by atoms with van der Waals surface area (Å²) >= 11 is 0. The van der Waals surface area contributed by atoms with Gasteiger partial charge >= 0.3 is 0 Å². The number of nitrogens with one attached hydrogen (secondary N) is 1. The van der Waals surface area contributed by atoms with Crippen LogP contribution in [0, 0.1) is 11.8 Å². The average molecular weight is 297 g/mol. The molecule has 0 aliphatic carbocycles.